The molecule has 1 aliphatic carbocycles. The molecular weight excluding hydrogens is 288 g/mol. The molecule has 1 heterocycles. The molecule has 21 heavy (non-hydrogen) atoms. The van der Waals surface area contributed by atoms with Crippen LogP contribution in [0.25, 0.3) is 0 Å². The second-order valence-corrected chi connectivity index (χ2v) is 7.75. The van der Waals surface area contributed by atoms with Gasteiger partial charge in [0.15, 0.2) is 0 Å². The predicted molar refractivity (Wildman–Crippen MR) is 84.4 cm³/mol. The van der Waals surface area contributed by atoms with E-state index in [1.807, 2.05) is 24.3 Å². The van der Waals surface area contributed by atoms with Crippen LogP contribution in [0.5, 0.6) is 0 Å². The smallest absolute Gasteiger partial charge is 0.237 e. The summed E-state index contributed by atoms with van der Waals surface area (Å²) < 4.78 is 31.9. The molecule has 2 aliphatic rings. The van der Waals surface area contributed by atoms with Crippen LogP contribution in [-0.2, 0) is 14.8 Å². The zero-order valence-corrected chi connectivity index (χ0v) is 13.3. The number of rotatable bonds is 5. The molecule has 0 aromatic heterocycles. The number of para-hydroxylation sites is 2. The lowest BCUT2D eigenvalue weighted by Gasteiger charge is -2.38. The van der Waals surface area contributed by atoms with Crippen LogP contribution in [0.15, 0.2) is 24.3 Å². The third-order valence-corrected chi connectivity index (χ3v) is 6.12. The number of ether oxygens (including phenoxy) is 1. The van der Waals surface area contributed by atoms with E-state index in [-0.39, 0.29) is 11.9 Å². The maximum atomic E-state index is 12.6. The zero-order valence-electron chi connectivity index (χ0n) is 12.5. The highest BCUT2D eigenvalue weighted by Crippen LogP contribution is 2.40. The Hall–Kier alpha value is -1.27. The van der Waals surface area contributed by atoms with Crippen LogP contribution in [0.4, 0.5) is 11.4 Å². The normalized spacial score (nSPS) is 20.3. The van der Waals surface area contributed by atoms with Gasteiger partial charge >= 0.3 is 0 Å². The molecule has 116 valence electrons. The number of fused-ring (bicyclic) bond motifs is 1. The van der Waals surface area contributed by atoms with Crippen LogP contribution in [0.2, 0.25) is 0 Å². The Kier molecular flexibility index (Phi) is 3.84. The third kappa shape index (κ3) is 2.87. The Morgan fingerprint density at radius 3 is 2.52 bits per heavy atom. The van der Waals surface area contributed by atoms with Crippen molar-refractivity contribution in [1.82, 2.24) is 0 Å². The van der Waals surface area contributed by atoms with Gasteiger partial charge in [-0.3, -0.25) is 4.31 Å². The highest BCUT2D eigenvalue weighted by Gasteiger charge is 2.37. The van der Waals surface area contributed by atoms with Crippen LogP contribution in [-0.4, -0.2) is 46.5 Å². The number of hydrogen-bond donors (Lipinski definition) is 0. The zero-order chi connectivity index (χ0) is 15.0. The fourth-order valence-electron chi connectivity index (χ4n) is 2.87. The minimum absolute atomic E-state index is 0.0151. The summed E-state index contributed by atoms with van der Waals surface area (Å²) in [5.74, 6) is 0.0151. The Bertz CT molecular complexity index is 613. The second-order valence-electron chi connectivity index (χ2n) is 5.81. The van der Waals surface area contributed by atoms with Gasteiger partial charge in [-0.05, 0) is 31.9 Å². The van der Waals surface area contributed by atoms with Crippen molar-refractivity contribution >= 4 is 21.4 Å². The molecule has 1 saturated carbocycles. The van der Waals surface area contributed by atoms with E-state index in [1.165, 1.54) is 12.8 Å². The molecule has 3 rings (SSSR count). The first-order valence-corrected chi connectivity index (χ1v) is 9.03. The topological polar surface area (TPSA) is 49.9 Å². The standard InChI is InChI=1S/C15H22N2O3S/c1-12(20-2)11-21(18,19)17-10-9-16(13-7-8-13)14-5-3-4-6-15(14)17/h3-6,12-13H,7-11H2,1-2H3/t12-/m1/s1. The van der Waals surface area contributed by atoms with Gasteiger partial charge in [0.2, 0.25) is 10.0 Å². The van der Waals surface area contributed by atoms with Crippen molar-refractivity contribution in [3.8, 4) is 0 Å². The van der Waals surface area contributed by atoms with Crippen LogP contribution in [0.1, 0.15) is 19.8 Å². The summed E-state index contributed by atoms with van der Waals surface area (Å²) in [4.78, 5) is 2.35. The summed E-state index contributed by atoms with van der Waals surface area (Å²) in [7, 11) is -1.81. The van der Waals surface area contributed by atoms with Crippen LogP contribution in [0, 0.1) is 0 Å². The van der Waals surface area contributed by atoms with Crippen molar-refractivity contribution in [2.75, 3.05) is 35.2 Å². The van der Waals surface area contributed by atoms with Gasteiger partial charge in [0.05, 0.1) is 29.8 Å². The first-order valence-electron chi connectivity index (χ1n) is 7.42. The van der Waals surface area contributed by atoms with Gasteiger partial charge in [-0.15, -0.1) is 0 Å². The van der Waals surface area contributed by atoms with Crippen molar-refractivity contribution in [1.29, 1.82) is 0 Å². The van der Waals surface area contributed by atoms with Gasteiger partial charge in [-0.2, -0.15) is 0 Å². The Morgan fingerprint density at radius 1 is 1.24 bits per heavy atom. The van der Waals surface area contributed by atoms with Crippen molar-refractivity contribution in [3.05, 3.63) is 24.3 Å². The molecule has 1 atom stereocenters. The number of sulfonamides is 1. The molecule has 1 aliphatic heterocycles. The van der Waals surface area contributed by atoms with E-state index in [1.54, 1.807) is 18.3 Å². The summed E-state index contributed by atoms with van der Waals surface area (Å²) in [5.41, 5.74) is 1.85. The molecule has 0 saturated heterocycles. The van der Waals surface area contributed by atoms with Crippen molar-refractivity contribution < 1.29 is 13.2 Å². The lowest BCUT2D eigenvalue weighted by atomic mass is 10.2. The minimum Gasteiger partial charge on any atom is -0.381 e. The van der Waals surface area contributed by atoms with Crippen molar-refractivity contribution in [2.45, 2.75) is 31.9 Å². The molecular formula is C15H22N2O3S. The van der Waals surface area contributed by atoms with E-state index in [0.29, 0.717) is 12.6 Å². The van der Waals surface area contributed by atoms with E-state index in [2.05, 4.69) is 4.90 Å². The van der Waals surface area contributed by atoms with Gasteiger partial charge in [0.1, 0.15) is 0 Å². The minimum atomic E-state index is -3.36. The highest BCUT2D eigenvalue weighted by molar-refractivity contribution is 7.92. The Balaban J connectivity index is 1.92. The van der Waals surface area contributed by atoms with Crippen LogP contribution >= 0.6 is 0 Å². The number of anilines is 2. The molecule has 0 unspecified atom stereocenters. The first-order chi connectivity index (χ1) is 10.0. The van der Waals surface area contributed by atoms with E-state index in [9.17, 15) is 8.42 Å². The first kappa shape index (κ1) is 14.7. The summed E-state index contributed by atoms with van der Waals surface area (Å²) in [6.07, 6.45) is 2.12. The van der Waals surface area contributed by atoms with E-state index < -0.39 is 10.0 Å². The molecule has 5 nitrogen and oxygen atoms in total. The molecule has 0 N–H and O–H groups in total. The van der Waals surface area contributed by atoms with Gasteiger partial charge in [-0.25, -0.2) is 8.42 Å². The maximum Gasteiger partial charge on any atom is 0.237 e. The Morgan fingerprint density at radius 2 is 1.90 bits per heavy atom. The van der Waals surface area contributed by atoms with Gasteiger partial charge in [0, 0.05) is 19.7 Å². The fourth-order valence-corrected chi connectivity index (χ4v) is 4.59. The van der Waals surface area contributed by atoms with E-state index in [4.69, 9.17) is 4.74 Å². The number of nitrogens with zero attached hydrogens (tertiary/aromatic N) is 2. The molecule has 0 amide bonds. The second kappa shape index (κ2) is 5.50. The fraction of sp³-hybridized carbons (Fsp3) is 0.600. The summed E-state index contributed by atoms with van der Waals surface area (Å²) in [6, 6.07) is 8.39. The van der Waals surface area contributed by atoms with Gasteiger partial charge in [0.25, 0.3) is 0 Å². The summed E-state index contributed by atoms with van der Waals surface area (Å²) in [6.45, 7) is 3.07. The monoisotopic (exact) mass is 310 g/mol. The molecule has 0 bridgehead atoms. The molecule has 0 spiro atoms. The molecule has 0 radical (unpaired) electrons. The van der Waals surface area contributed by atoms with E-state index in [0.717, 1.165) is 17.9 Å². The molecule has 1 aromatic rings. The summed E-state index contributed by atoms with van der Waals surface area (Å²) >= 11 is 0. The van der Waals surface area contributed by atoms with Crippen LogP contribution in [0.3, 0.4) is 0 Å². The van der Waals surface area contributed by atoms with Crippen LogP contribution < -0.4 is 9.21 Å². The lowest BCUT2D eigenvalue weighted by molar-refractivity contribution is 0.136. The van der Waals surface area contributed by atoms with Crippen molar-refractivity contribution in [3.63, 3.8) is 0 Å². The number of hydrogen-bond acceptors (Lipinski definition) is 4. The molecule has 6 heteroatoms. The van der Waals surface area contributed by atoms with Gasteiger partial charge in [-0.1, -0.05) is 12.1 Å². The number of methoxy groups -OCH3 is 1. The average Bonchev–Trinajstić information content (AvgIpc) is 3.30. The quantitative estimate of drug-likeness (QED) is 0.833. The average molecular weight is 310 g/mol. The van der Waals surface area contributed by atoms with E-state index >= 15 is 0 Å². The van der Waals surface area contributed by atoms with Gasteiger partial charge < -0.3 is 9.64 Å². The largest absolute Gasteiger partial charge is 0.381 e. The molecule has 1 aromatic carbocycles. The maximum absolute atomic E-state index is 12.6. The summed E-state index contributed by atoms with van der Waals surface area (Å²) in [5, 5.41) is 0. The van der Waals surface area contributed by atoms with Crippen molar-refractivity contribution in [2.24, 2.45) is 0 Å². The SMILES string of the molecule is CO[C@H](C)CS(=O)(=O)N1CCN(C2CC2)c2ccccc21. The predicted octanol–water partition coefficient (Wildman–Crippen LogP) is 1.84. The molecule has 1 fully saturated rings. The Labute approximate surface area is 126 Å². The third-order valence-electron chi connectivity index (χ3n) is 4.17. The highest BCUT2D eigenvalue weighted by atomic mass is 32.2. The number of benzene rings is 1. The lowest BCUT2D eigenvalue weighted by Crippen LogP contribution is -2.46.